The maximum atomic E-state index is 13.2. The standard InChI is InChI=1S/C21H20N2O3/c1-2-25-19-12-6-4-10-17(19)20-22-18-11-5-3-9-16(18)21(24)23(20)14-15-8-7-13-26-15/h3-13,20,22H,2,14H2,1H3/t20-/m0/s1. The summed E-state index contributed by atoms with van der Waals surface area (Å²) >= 11 is 0. The molecule has 132 valence electrons. The van der Waals surface area contributed by atoms with Crippen LogP contribution in [0.4, 0.5) is 5.69 Å². The van der Waals surface area contributed by atoms with E-state index in [9.17, 15) is 4.79 Å². The van der Waals surface area contributed by atoms with Crippen molar-refractivity contribution < 1.29 is 13.9 Å². The first-order valence-electron chi connectivity index (χ1n) is 8.68. The first kappa shape index (κ1) is 16.3. The molecule has 0 saturated carbocycles. The van der Waals surface area contributed by atoms with Crippen LogP contribution >= 0.6 is 0 Å². The second-order valence-corrected chi connectivity index (χ2v) is 6.08. The fraction of sp³-hybridized carbons (Fsp3) is 0.190. The van der Waals surface area contributed by atoms with Crippen LogP contribution in [-0.2, 0) is 6.54 Å². The highest BCUT2D eigenvalue weighted by atomic mass is 16.5. The highest BCUT2D eigenvalue weighted by Gasteiger charge is 2.34. The van der Waals surface area contributed by atoms with Crippen molar-refractivity contribution in [3.05, 3.63) is 83.8 Å². The second-order valence-electron chi connectivity index (χ2n) is 6.08. The van der Waals surface area contributed by atoms with E-state index in [0.29, 0.717) is 18.7 Å². The van der Waals surface area contributed by atoms with Gasteiger partial charge < -0.3 is 19.4 Å². The minimum atomic E-state index is -0.342. The van der Waals surface area contributed by atoms with Crippen molar-refractivity contribution in [2.24, 2.45) is 0 Å². The molecular formula is C21H20N2O3. The molecule has 1 N–H and O–H groups in total. The molecule has 1 amide bonds. The number of carbonyl (C=O) groups is 1. The number of hydrogen-bond donors (Lipinski definition) is 1. The molecule has 3 aromatic rings. The third kappa shape index (κ3) is 2.92. The summed E-state index contributed by atoms with van der Waals surface area (Å²) in [5.74, 6) is 1.47. The number of rotatable bonds is 5. The molecule has 1 aliphatic rings. The molecule has 0 unspecified atom stereocenters. The normalized spacial score (nSPS) is 16.1. The quantitative estimate of drug-likeness (QED) is 0.740. The second kappa shape index (κ2) is 6.96. The van der Waals surface area contributed by atoms with E-state index in [2.05, 4.69) is 5.32 Å². The number of nitrogens with one attached hydrogen (secondary N) is 1. The third-order valence-corrected chi connectivity index (χ3v) is 4.44. The summed E-state index contributed by atoms with van der Waals surface area (Å²) < 4.78 is 11.3. The number of amides is 1. The summed E-state index contributed by atoms with van der Waals surface area (Å²) in [6, 6.07) is 19.1. The van der Waals surface area contributed by atoms with Crippen LogP contribution in [0, 0.1) is 0 Å². The van der Waals surface area contributed by atoms with Gasteiger partial charge in [0.05, 0.1) is 25.0 Å². The zero-order valence-electron chi connectivity index (χ0n) is 14.5. The molecule has 5 nitrogen and oxygen atoms in total. The lowest BCUT2D eigenvalue weighted by molar-refractivity contribution is 0.0649. The van der Waals surface area contributed by atoms with Crippen LogP contribution in [0.5, 0.6) is 5.75 Å². The Morgan fingerprint density at radius 3 is 2.69 bits per heavy atom. The molecule has 0 aliphatic carbocycles. The zero-order chi connectivity index (χ0) is 17.9. The van der Waals surface area contributed by atoms with Gasteiger partial charge in [0, 0.05) is 11.3 Å². The van der Waals surface area contributed by atoms with Gasteiger partial charge in [-0.2, -0.15) is 0 Å². The average Bonchev–Trinajstić information content (AvgIpc) is 3.18. The van der Waals surface area contributed by atoms with Gasteiger partial charge in [-0.15, -0.1) is 0 Å². The predicted molar refractivity (Wildman–Crippen MR) is 99.0 cm³/mol. The Morgan fingerprint density at radius 1 is 1.08 bits per heavy atom. The largest absolute Gasteiger partial charge is 0.493 e. The molecule has 2 heterocycles. The van der Waals surface area contributed by atoms with Gasteiger partial charge in [0.25, 0.3) is 5.91 Å². The van der Waals surface area contributed by atoms with Crippen LogP contribution in [0.1, 0.15) is 34.8 Å². The molecule has 0 fully saturated rings. The fourth-order valence-electron chi connectivity index (χ4n) is 3.27. The van der Waals surface area contributed by atoms with E-state index >= 15 is 0 Å². The van der Waals surface area contributed by atoms with Crippen molar-refractivity contribution in [3.8, 4) is 5.75 Å². The minimum Gasteiger partial charge on any atom is -0.493 e. The molecule has 0 radical (unpaired) electrons. The van der Waals surface area contributed by atoms with Gasteiger partial charge >= 0.3 is 0 Å². The Bertz CT molecular complexity index is 905. The Labute approximate surface area is 152 Å². The van der Waals surface area contributed by atoms with E-state index in [-0.39, 0.29) is 12.1 Å². The minimum absolute atomic E-state index is 0.0351. The molecule has 0 saturated heterocycles. The molecule has 1 aromatic heterocycles. The SMILES string of the molecule is CCOc1ccccc1[C@H]1Nc2ccccc2C(=O)N1Cc1ccco1. The molecular weight excluding hydrogens is 328 g/mol. The van der Waals surface area contributed by atoms with Crippen molar-refractivity contribution >= 4 is 11.6 Å². The Kier molecular flexibility index (Phi) is 4.35. The van der Waals surface area contributed by atoms with Crippen LogP contribution in [-0.4, -0.2) is 17.4 Å². The molecule has 26 heavy (non-hydrogen) atoms. The molecule has 0 spiro atoms. The lowest BCUT2D eigenvalue weighted by Crippen LogP contribution is -2.42. The van der Waals surface area contributed by atoms with Gasteiger partial charge in [0.15, 0.2) is 0 Å². The van der Waals surface area contributed by atoms with Crippen LogP contribution < -0.4 is 10.1 Å². The smallest absolute Gasteiger partial charge is 0.258 e. The van der Waals surface area contributed by atoms with Gasteiger partial charge in [0.1, 0.15) is 17.7 Å². The van der Waals surface area contributed by atoms with E-state index in [4.69, 9.17) is 9.15 Å². The highest BCUT2D eigenvalue weighted by Crippen LogP contribution is 2.37. The van der Waals surface area contributed by atoms with Crippen LogP contribution in [0.25, 0.3) is 0 Å². The number of hydrogen-bond acceptors (Lipinski definition) is 4. The zero-order valence-corrected chi connectivity index (χ0v) is 14.5. The number of ether oxygens (including phenoxy) is 1. The third-order valence-electron chi connectivity index (χ3n) is 4.44. The molecule has 1 atom stereocenters. The monoisotopic (exact) mass is 348 g/mol. The number of nitrogens with zero attached hydrogens (tertiary/aromatic N) is 1. The summed E-state index contributed by atoms with van der Waals surface area (Å²) in [4.78, 5) is 15.0. The number of carbonyl (C=O) groups excluding carboxylic acids is 1. The Morgan fingerprint density at radius 2 is 1.88 bits per heavy atom. The first-order valence-corrected chi connectivity index (χ1v) is 8.68. The van der Waals surface area contributed by atoms with Crippen LogP contribution in [0.15, 0.2) is 71.3 Å². The van der Waals surface area contributed by atoms with E-state index in [0.717, 1.165) is 22.8 Å². The van der Waals surface area contributed by atoms with E-state index in [1.807, 2.05) is 67.6 Å². The van der Waals surface area contributed by atoms with Crippen LogP contribution in [0.3, 0.4) is 0 Å². The predicted octanol–water partition coefficient (Wildman–Crippen LogP) is 4.45. The van der Waals surface area contributed by atoms with Gasteiger partial charge in [-0.1, -0.05) is 30.3 Å². The molecule has 5 heteroatoms. The van der Waals surface area contributed by atoms with E-state index in [1.165, 1.54) is 0 Å². The topological polar surface area (TPSA) is 54.7 Å². The van der Waals surface area contributed by atoms with Crippen molar-refractivity contribution in [3.63, 3.8) is 0 Å². The van der Waals surface area contributed by atoms with Crippen molar-refractivity contribution in [1.82, 2.24) is 4.90 Å². The lowest BCUT2D eigenvalue weighted by atomic mass is 10.0. The summed E-state index contributed by atoms with van der Waals surface area (Å²) in [7, 11) is 0. The number of para-hydroxylation sites is 2. The molecule has 1 aliphatic heterocycles. The summed E-state index contributed by atoms with van der Waals surface area (Å²) in [5, 5.41) is 3.49. The number of benzene rings is 2. The average molecular weight is 348 g/mol. The van der Waals surface area contributed by atoms with Gasteiger partial charge in [-0.05, 0) is 37.3 Å². The number of anilines is 1. The summed E-state index contributed by atoms with van der Waals surface area (Å²) in [5.41, 5.74) is 2.40. The highest BCUT2D eigenvalue weighted by molar-refractivity contribution is 6.01. The summed E-state index contributed by atoms with van der Waals surface area (Å²) in [6.45, 7) is 2.89. The fourth-order valence-corrected chi connectivity index (χ4v) is 3.27. The first-order chi connectivity index (χ1) is 12.8. The van der Waals surface area contributed by atoms with Gasteiger partial charge in [0.2, 0.25) is 0 Å². The molecule has 2 aromatic carbocycles. The van der Waals surface area contributed by atoms with Gasteiger partial charge in [-0.3, -0.25) is 4.79 Å². The van der Waals surface area contributed by atoms with Crippen molar-refractivity contribution in [2.45, 2.75) is 19.6 Å². The Balaban J connectivity index is 1.78. The maximum absolute atomic E-state index is 13.2. The van der Waals surface area contributed by atoms with Crippen LogP contribution in [0.2, 0.25) is 0 Å². The van der Waals surface area contributed by atoms with E-state index in [1.54, 1.807) is 11.2 Å². The lowest BCUT2D eigenvalue weighted by Gasteiger charge is -2.38. The number of furan rings is 1. The van der Waals surface area contributed by atoms with Crippen molar-refractivity contribution in [1.29, 1.82) is 0 Å². The van der Waals surface area contributed by atoms with Crippen molar-refractivity contribution in [2.75, 3.05) is 11.9 Å². The van der Waals surface area contributed by atoms with Gasteiger partial charge in [-0.25, -0.2) is 0 Å². The molecule has 4 rings (SSSR count). The Hall–Kier alpha value is -3.21. The molecule has 0 bridgehead atoms. The summed E-state index contributed by atoms with van der Waals surface area (Å²) in [6.07, 6.45) is 1.28. The van der Waals surface area contributed by atoms with E-state index < -0.39 is 0 Å². The maximum Gasteiger partial charge on any atom is 0.258 e. The number of fused-ring (bicyclic) bond motifs is 1.